The van der Waals surface area contributed by atoms with E-state index in [0.717, 1.165) is 11.8 Å². The summed E-state index contributed by atoms with van der Waals surface area (Å²) in [6, 6.07) is 2.03. The van der Waals surface area contributed by atoms with Crippen LogP contribution in [0.25, 0.3) is 0 Å². The van der Waals surface area contributed by atoms with Gasteiger partial charge in [0.05, 0.1) is 0 Å². The van der Waals surface area contributed by atoms with Crippen molar-refractivity contribution in [2.75, 3.05) is 16.8 Å². The first-order valence-electron chi connectivity index (χ1n) is 8.90. The molecule has 0 heterocycles. The molecular weight excluding hydrogens is 513 g/mol. The summed E-state index contributed by atoms with van der Waals surface area (Å²) in [6.45, 7) is 0. The molecule has 0 saturated carbocycles. The van der Waals surface area contributed by atoms with E-state index in [1.807, 2.05) is 5.32 Å². The van der Waals surface area contributed by atoms with Crippen LogP contribution in [-0.2, 0) is 19.2 Å². The van der Waals surface area contributed by atoms with E-state index < -0.39 is 70.1 Å². The SMILES string of the molecule is O=C(O)CCC(NC(=O)NC(CSCC(=O)Nc1ccccc1[As](O)O)C(=O)O)C(=O)O. The molecule has 8 N–H and O–H groups in total. The average molecular weight is 535 g/mol. The van der Waals surface area contributed by atoms with E-state index in [4.69, 9.17) is 10.2 Å². The molecule has 1 rings (SSSR count). The van der Waals surface area contributed by atoms with E-state index in [2.05, 4.69) is 10.6 Å². The number of aliphatic carboxylic acids is 3. The summed E-state index contributed by atoms with van der Waals surface area (Å²) < 4.78 is 19.1. The molecule has 15 heteroatoms. The smallest absolute Gasteiger partial charge is 0.326 e. The van der Waals surface area contributed by atoms with E-state index in [9.17, 15) is 37.3 Å². The zero-order valence-electron chi connectivity index (χ0n) is 16.4. The predicted octanol–water partition coefficient (Wildman–Crippen LogP) is -1.89. The summed E-state index contributed by atoms with van der Waals surface area (Å²) in [6.07, 6.45) is -0.901. The number of amides is 3. The van der Waals surface area contributed by atoms with E-state index in [1.54, 1.807) is 12.1 Å². The second-order valence-electron chi connectivity index (χ2n) is 6.20. The van der Waals surface area contributed by atoms with E-state index in [0.29, 0.717) is 0 Å². The quantitative estimate of drug-likeness (QED) is 0.130. The molecule has 176 valence electrons. The van der Waals surface area contributed by atoms with Crippen molar-refractivity contribution in [3.8, 4) is 0 Å². The summed E-state index contributed by atoms with van der Waals surface area (Å²) in [5.74, 6) is -5.13. The number of hydrogen-bond donors (Lipinski definition) is 8. The zero-order chi connectivity index (χ0) is 24.3. The van der Waals surface area contributed by atoms with Crippen LogP contribution in [0.3, 0.4) is 0 Å². The van der Waals surface area contributed by atoms with Crippen molar-refractivity contribution < 1.29 is 47.5 Å². The molecule has 3 amide bonds. The number of para-hydroxylation sites is 1. The second-order valence-corrected chi connectivity index (χ2v) is 9.46. The monoisotopic (exact) mass is 535 g/mol. The number of carboxylic acid groups (broad SMARTS) is 3. The molecule has 1 aromatic rings. The number of rotatable bonds is 13. The fourth-order valence-corrected chi connectivity index (χ4v) is 4.29. The molecule has 2 unspecified atom stereocenters. The van der Waals surface area contributed by atoms with Crippen molar-refractivity contribution in [1.29, 1.82) is 0 Å². The van der Waals surface area contributed by atoms with Crippen molar-refractivity contribution in [1.82, 2.24) is 10.6 Å². The second kappa shape index (κ2) is 13.6. The maximum atomic E-state index is 12.1. The third kappa shape index (κ3) is 10.0. The molecule has 13 nitrogen and oxygen atoms in total. The van der Waals surface area contributed by atoms with Crippen molar-refractivity contribution >= 4 is 67.0 Å². The first kappa shape index (κ1) is 27.2. The molecule has 2 atom stereocenters. The molecule has 0 radical (unpaired) electrons. The van der Waals surface area contributed by atoms with Crippen LogP contribution < -0.4 is 20.3 Å². The number of thioether (sulfide) groups is 1. The number of benzene rings is 1. The number of hydrogen-bond acceptors (Lipinski definition) is 8. The van der Waals surface area contributed by atoms with Crippen LogP contribution in [0.4, 0.5) is 10.5 Å². The van der Waals surface area contributed by atoms with Gasteiger partial charge in [-0.15, -0.1) is 0 Å². The molecule has 32 heavy (non-hydrogen) atoms. The van der Waals surface area contributed by atoms with Crippen LogP contribution in [0.15, 0.2) is 24.3 Å². The van der Waals surface area contributed by atoms with Crippen LogP contribution >= 0.6 is 11.8 Å². The molecule has 0 aliphatic heterocycles. The first-order valence-corrected chi connectivity index (χ1v) is 12.7. The Balaban J connectivity index is 2.57. The predicted molar refractivity (Wildman–Crippen MR) is 114 cm³/mol. The maximum absolute atomic E-state index is 12.1. The summed E-state index contributed by atoms with van der Waals surface area (Å²) in [5.41, 5.74) is 0.233. The summed E-state index contributed by atoms with van der Waals surface area (Å²) in [4.78, 5) is 57.0. The van der Waals surface area contributed by atoms with Gasteiger partial charge in [-0.25, -0.2) is 4.79 Å². The van der Waals surface area contributed by atoms with Gasteiger partial charge >= 0.3 is 158 Å². The number of carbonyl (C=O) groups is 5. The van der Waals surface area contributed by atoms with E-state index in [-0.39, 0.29) is 21.5 Å². The van der Waals surface area contributed by atoms with Gasteiger partial charge in [0, 0.05) is 6.42 Å². The molecule has 0 saturated heterocycles. The van der Waals surface area contributed by atoms with Crippen LogP contribution in [0.5, 0.6) is 0 Å². The Morgan fingerprint density at radius 3 is 2.09 bits per heavy atom. The largest absolute Gasteiger partial charge is 0.480 e. The number of carboxylic acids is 3. The van der Waals surface area contributed by atoms with Gasteiger partial charge in [0.2, 0.25) is 0 Å². The minimum Gasteiger partial charge on any atom is -0.480 e. The van der Waals surface area contributed by atoms with Gasteiger partial charge in [0.25, 0.3) is 0 Å². The van der Waals surface area contributed by atoms with Crippen molar-refractivity contribution in [3.05, 3.63) is 24.3 Å². The summed E-state index contributed by atoms with van der Waals surface area (Å²) in [5, 5.41) is 33.4. The van der Waals surface area contributed by atoms with Gasteiger partial charge in [-0.1, -0.05) is 0 Å². The van der Waals surface area contributed by atoms with Gasteiger partial charge in [-0.05, 0) is 6.42 Å². The summed E-state index contributed by atoms with van der Waals surface area (Å²) in [7, 11) is 0. The van der Waals surface area contributed by atoms with Gasteiger partial charge in [-0.3, -0.25) is 4.79 Å². The third-order valence-electron chi connectivity index (χ3n) is 3.77. The Morgan fingerprint density at radius 1 is 0.938 bits per heavy atom. The van der Waals surface area contributed by atoms with Gasteiger partial charge in [0.15, 0.2) is 0 Å². The molecular formula is C17H22AsN3O10S. The zero-order valence-corrected chi connectivity index (χ0v) is 19.1. The number of nitrogens with one attached hydrogen (secondary N) is 3. The summed E-state index contributed by atoms with van der Waals surface area (Å²) >= 11 is -2.36. The van der Waals surface area contributed by atoms with Gasteiger partial charge < -0.3 is 10.2 Å². The number of carbonyl (C=O) groups excluding carboxylic acids is 2. The number of urea groups is 1. The minimum atomic E-state index is -3.23. The van der Waals surface area contributed by atoms with Crippen LogP contribution in [0.2, 0.25) is 0 Å². The van der Waals surface area contributed by atoms with Crippen molar-refractivity contribution in [2.24, 2.45) is 0 Å². The Morgan fingerprint density at radius 2 is 1.53 bits per heavy atom. The molecule has 0 aliphatic carbocycles. The van der Waals surface area contributed by atoms with Gasteiger partial charge in [-0.2, -0.15) is 0 Å². The van der Waals surface area contributed by atoms with Crippen molar-refractivity contribution in [2.45, 2.75) is 24.9 Å². The fourth-order valence-electron chi connectivity index (χ4n) is 2.27. The fraction of sp³-hybridized carbons (Fsp3) is 0.353. The number of anilines is 1. The average Bonchev–Trinajstić information content (AvgIpc) is 2.70. The van der Waals surface area contributed by atoms with E-state index in [1.165, 1.54) is 12.1 Å². The molecule has 1 aromatic carbocycles. The Kier molecular flexibility index (Phi) is 11.6. The molecule has 0 spiro atoms. The third-order valence-corrected chi connectivity index (χ3v) is 6.52. The van der Waals surface area contributed by atoms with Crippen LogP contribution in [-0.4, -0.2) is 92.3 Å². The van der Waals surface area contributed by atoms with E-state index >= 15 is 0 Å². The van der Waals surface area contributed by atoms with Crippen molar-refractivity contribution in [3.63, 3.8) is 0 Å². The normalized spacial score (nSPS) is 12.5. The van der Waals surface area contributed by atoms with Crippen LogP contribution in [0.1, 0.15) is 12.8 Å². The Hall–Kier alpha value is -2.80. The topological polar surface area (TPSA) is 223 Å². The molecule has 0 aliphatic rings. The maximum Gasteiger partial charge on any atom is 0.326 e. The first-order chi connectivity index (χ1) is 15.0. The van der Waals surface area contributed by atoms with Crippen LogP contribution in [0, 0.1) is 0 Å². The Labute approximate surface area is 191 Å². The standard InChI is InChI=1S/C17H22AsN3O10S/c22-13(19-10-4-2-1-3-9(10)18(30)31)8-32-7-12(16(27)28)21-17(29)20-11(15(25)26)5-6-14(23)24/h1-4,11-12,30-31H,5-8H2,(H,19,22)(H,23,24)(H,25,26)(H,27,28)(H2,20,21,29). The van der Waals surface area contributed by atoms with Gasteiger partial charge in [0.1, 0.15) is 0 Å². The minimum absolute atomic E-state index is 0.207. The Bertz CT molecular complexity index is 854. The molecule has 0 fully saturated rings. The molecule has 0 aromatic heterocycles. The molecule has 0 bridgehead atoms.